The molecule has 1 unspecified atom stereocenters. The van der Waals surface area contributed by atoms with Gasteiger partial charge in [-0.25, -0.2) is 4.39 Å². The molecule has 2 aromatic carbocycles. The van der Waals surface area contributed by atoms with E-state index in [0.29, 0.717) is 0 Å². The van der Waals surface area contributed by atoms with Gasteiger partial charge in [0.2, 0.25) is 0 Å². The Hall–Kier alpha value is -2.39. The van der Waals surface area contributed by atoms with Gasteiger partial charge in [-0.3, -0.25) is 4.90 Å². The van der Waals surface area contributed by atoms with Crippen molar-refractivity contribution in [1.29, 1.82) is 0 Å². The van der Waals surface area contributed by atoms with E-state index < -0.39 is 0 Å². The number of hydrogen-bond acceptors (Lipinski definition) is 1. The van der Waals surface area contributed by atoms with Crippen LogP contribution < -0.4 is 0 Å². The standard InChI is InChI=1S/C23H25FN2/c1-17-6-7-18(2)21(15-17)23-22-5-3-12-25(22)13-4-14-26(23)16-19-8-10-20(24)11-9-19/h3,5-12,15,23H,4,13-14,16H2,1-2H3. The van der Waals surface area contributed by atoms with Crippen molar-refractivity contribution < 1.29 is 4.39 Å². The Kier molecular flexibility index (Phi) is 4.64. The minimum atomic E-state index is -0.176. The van der Waals surface area contributed by atoms with Crippen LogP contribution in [0.15, 0.2) is 60.8 Å². The lowest BCUT2D eigenvalue weighted by Gasteiger charge is -2.32. The van der Waals surface area contributed by atoms with Crippen molar-refractivity contribution in [1.82, 2.24) is 9.47 Å². The van der Waals surface area contributed by atoms with Crippen LogP contribution in [0.3, 0.4) is 0 Å². The van der Waals surface area contributed by atoms with Gasteiger partial charge in [0.15, 0.2) is 0 Å². The molecular formula is C23H25FN2. The predicted molar refractivity (Wildman–Crippen MR) is 104 cm³/mol. The molecule has 0 fully saturated rings. The fourth-order valence-corrected chi connectivity index (χ4v) is 4.04. The number of nitrogens with zero attached hydrogens (tertiary/aromatic N) is 2. The van der Waals surface area contributed by atoms with Crippen molar-refractivity contribution in [3.05, 3.63) is 94.6 Å². The Bertz CT molecular complexity index is 895. The van der Waals surface area contributed by atoms with E-state index in [2.05, 4.69) is 59.8 Å². The largest absolute Gasteiger partial charge is 0.350 e. The summed E-state index contributed by atoms with van der Waals surface area (Å²) in [5.41, 5.74) is 6.48. The number of benzene rings is 2. The van der Waals surface area contributed by atoms with Gasteiger partial charge in [-0.2, -0.15) is 0 Å². The molecule has 1 aliphatic heterocycles. The van der Waals surface area contributed by atoms with E-state index in [1.807, 2.05) is 12.1 Å². The highest BCUT2D eigenvalue weighted by molar-refractivity contribution is 5.38. The third-order valence-corrected chi connectivity index (χ3v) is 5.38. The van der Waals surface area contributed by atoms with Crippen LogP contribution in [0.25, 0.3) is 0 Å². The normalized spacial score (nSPS) is 17.7. The van der Waals surface area contributed by atoms with Gasteiger partial charge in [-0.05, 0) is 61.2 Å². The third-order valence-electron chi connectivity index (χ3n) is 5.38. The summed E-state index contributed by atoms with van der Waals surface area (Å²) in [6, 6.07) is 18.3. The van der Waals surface area contributed by atoms with Crippen LogP contribution in [0.2, 0.25) is 0 Å². The molecule has 1 aromatic heterocycles. The van der Waals surface area contributed by atoms with Crippen molar-refractivity contribution >= 4 is 0 Å². The van der Waals surface area contributed by atoms with E-state index in [9.17, 15) is 4.39 Å². The van der Waals surface area contributed by atoms with Crippen LogP contribution in [0.1, 0.15) is 40.4 Å². The van der Waals surface area contributed by atoms with Gasteiger partial charge in [0.25, 0.3) is 0 Å². The van der Waals surface area contributed by atoms with Crippen LogP contribution in [0.4, 0.5) is 4.39 Å². The molecule has 0 amide bonds. The molecule has 26 heavy (non-hydrogen) atoms. The molecule has 2 nitrogen and oxygen atoms in total. The second kappa shape index (κ2) is 7.08. The maximum absolute atomic E-state index is 13.3. The number of aryl methyl sites for hydroxylation is 3. The molecule has 0 spiro atoms. The topological polar surface area (TPSA) is 8.17 Å². The van der Waals surface area contributed by atoms with Gasteiger partial charge in [0.1, 0.15) is 5.82 Å². The van der Waals surface area contributed by atoms with E-state index in [4.69, 9.17) is 0 Å². The first kappa shape index (κ1) is 17.0. The molecule has 0 saturated carbocycles. The summed E-state index contributed by atoms with van der Waals surface area (Å²) < 4.78 is 15.7. The van der Waals surface area contributed by atoms with Crippen LogP contribution in [-0.2, 0) is 13.1 Å². The van der Waals surface area contributed by atoms with E-state index >= 15 is 0 Å². The Morgan fingerprint density at radius 2 is 1.81 bits per heavy atom. The van der Waals surface area contributed by atoms with Crippen LogP contribution in [0.5, 0.6) is 0 Å². The number of rotatable bonds is 3. The van der Waals surface area contributed by atoms with Crippen molar-refractivity contribution in [3.63, 3.8) is 0 Å². The molecule has 1 aliphatic rings. The second-order valence-electron chi connectivity index (χ2n) is 7.34. The molecule has 134 valence electrons. The van der Waals surface area contributed by atoms with E-state index in [-0.39, 0.29) is 11.9 Å². The number of hydrogen-bond donors (Lipinski definition) is 0. The SMILES string of the molecule is Cc1ccc(C)c(C2c3cccn3CCCN2Cc2ccc(F)cc2)c1. The van der Waals surface area contributed by atoms with Crippen molar-refractivity contribution in [3.8, 4) is 0 Å². The summed E-state index contributed by atoms with van der Waals surface area (Å²) in [4.78, 5) is 2.54. The zero-order valence-corrected chi connectivity index (χ0v) is 15.5. The van der Waals surface area contributed by atoms with Gasteiger partial charge >= 0.3 is 0 Å². The van der Waals surface area contributed by atoms with Crippen LogP contribution in [-0.4, -0.2) is 16.0 Å². The summed E-state index contributed by atoms with van der Waals surface area (Å²) in [5.74, 6) is -0.176. The Morgan fingerprint density at radius 1 is 1.00 bits per heavy atom. The Balaban J connectivity index is 1.77. The number of fused-ring (bicyclic) bond motifs is 1. The zero-order valence-electron chi connectivity index (χ0n) is 15.5. The van der Waals surface area contributed by atoms with Crippen molar-refractivity contribution in [2.75, 3.05) is 6.54 Å². The maximum Gasteiger partial charge on any atom is 0.123 e. The third kappa shape index (κ3) is 3.32. The fraction of sp³-hybridized carbons (Fsp3) is 0.304. The zero-order chi connectivity index (χ0) is 18.1. The highest BCUT2D eigenvalue weighted by Gasteiger charge is 2.28. The Labute approximate surface area is 154 Å². The average Bonchev–Trinajstić information content (AvgIpc) is 3.01. The van der Waals surface area contributed by atoms with Gasteiger partial charge < -0.3 is 4.57 Å². The summed E-state index contributed by atoms with van der Waals surface area (Å²) in [5, 5.41) is 0. The first-order valence-electron chi connectivity index (χ1n) is 9.32. The second-order valence-corrected chi connectivity index (χ2v) is 7.34. The highest BCUT2D eigenvalue weighted by atomic mass is 19.1. The van der Waals surface area contributed by atoms with E-state index in [0.717, 1.165) is 31.6 Å². The number of aromatic nitrogens is 1. The molecule has 2 heterocycles. The minimum absolute atomic E-state index is 0.176. The highest BCUT2D eigenvalue weighted by Crippen LogP contribution is 2.35. The van der Waals surface area contributed by atoms with E-state index in [1.165, 1.54) is 22.4 Å². The molecule has 1 atom stereocenters. The lowest BCUT2D eigenvalue weighted by molar-refractivity contribution is 0.219. The van der Waals surface area contributed by atoms with Crippen LogP contribution in [0, 0.1) is 19.7 Å². The Morgan fingerprint density at radius 3 is 2.62 bits per heavy atom. The lowest BCUT2D eigenvalue weighted by atomic mass is 9.95. The molecule has 3 aromatic rings. The fourth-order valence-electron chi connectivity index (χ4n) is 4.04. The van der Waals surface area contributed by atoms with Crippen LogP contribution >= 0.6 is 0 Å². The van der Waals surface area contributed by atoms with Crippen molar-refractivity contribution in [2.45, 2.75) is 39.4 Å². The first-order chi connectivity index (χ1) is 12.6. The predicted octanol–water partition coefficient (Wildman–Crippen LogP) is 5.24. The van der Waals surface area contributed by atoms with Gasteiger partial charge in [-0.1, -0.05) is 35.9 Å². The van der Waals surface area contributed by atoms with Gasteiger partial charge in [-0.15, -0.1) is 0 Å². The van der Waals surface area contributed by atoms with Crippen molar-refractivity contribution in [2.24, 2.45) is 0 Å². The molecule has 3 heteroatoms. The summed E-state index contributed by atoms with van der Waals surface area (Å²) in [7, 11) is 0. The molecule has 0 N–H and O–H groups in total. The molecule has 0 radical (unpaired) electrons. The first-order valence-corrected chi connectivity index (χ1v) is 9.32. The molecule has 0 bridgehead atoms. The van der Waals surface area contributed by atoms with Gasteiger partial charge in [0.05, 0.1) is 6.04 Å². The summed E-state index contributed by atoms with van der Waals surface area (Å²) in [6.45, 7) is 7.25. The average molecular weight is 348 g/mol. The quantitative estimate of drug-likeness (QED) is 0.628. The minimum Gasteiger partial charge on any atom is -0.350 e. The smallest absolute Gasteiger partial charge is 0.123 e. The molecular weight excluding hydrogens is 323 g/mol. The van der Waals surface area contributed by atoms with Gasteiger partial charge in [0, 0.05) is 31.5 Å². The molecule has 0 saturated heterocycles. The molecule has 4 rings (SSSR count). The summed E-state index contributed by atoms with van der Waals surface area (Å²) in [6.07, 6.45) is 3.30. The number of halogens is 1. The molecule has 0 aliphatic carbocycles. The summed E-state index contributed by atoms with van der Waals surface area (Å²) >= 11 is 0. The van der Waals surface area contributed by atoms with E-state index in [1.54, 1.807) is 12.1 Å². The maximum atomic E-state index is 13.3. The lowest BCUT2D eigenvalue weighted by Crippen LogP contribution is -2.30. The monoisotopic (exact) mass is 348 g/mol.